The zero-order chi connectivity index (χ0) is 20.1. The number of halogens is 2. The SMILES string of the molecule is Cc1csc2c(N3CCN(S(=O)(=O)c4cccc(Cl)c4Cl)CC3)nc(N)nc12. The van der Waals surface area contributed by atoms with Crippen LogP contribution in [0.15, 0.2) is 28.5 Å². The highest BCUT2D eigenvalue weighted by Gasteiger charge is 2.31. The summed E-state index contributed by atoms with van der Waals surface area (Å²) in [5.41, 5.74) is 7.77. The van der Waals surface area contributed by atoms with E-state index in [1.807, 2.05) is 17.2 Å². The van der Waals surface area contributed by atoms with Crippen molar-refractivity contribution in [2.75, 3.05) is 36.8 Å². The largest absolute Gasteiger partial charge is 0.368 e. The van der Waals surface area contributed by atoms with Gasteiger partial charge in [-0.2, -0.15) is 9.29 Å². The Hall–Kier alpha value is -1.65. The lowest BCUT2D eigenvalue weighted by molar-refractivity contribution is 0.384. The Balaban J connectivity index is 1.60. The molecule has 4 rings (SSSR count). The first-order valence-electron chi connectivity index (χ1n) is 8.49. The van der Waals surface area contributed by atoms with Gasteiger partial charge in [-0.15, -0.1) is 11.3 Å². The van der Waals surface area contributed by atoms with E-state index in [-0.39, 0.29) is 20.9 Å². The van der Waals surface area contributed by atoms with Crippen LogP contribution in [0.1, 0.15) is 5.56 Å². The van der Waals surface area contributed by atoms with Gasteiger partial charge in [0.1, 0.15) is 4.90 Å². The second kappa shape index (κ2) is 7.31. The van der Waals surface area contributed by atoms with Crippen molar-refractivity contribution in [3.05, 3.63) is 39.2 Å². The van der Waals surface area contributed by atoms with Gasteiger partial charge in [-0.25, -0.2) is 13.4 Å². The molecule has 3 heterocycles. The zero-order valence-electron chi connectivity index (χ0n) is 14.9. The summed E-state index contributed by atoms with van der Waals surface area (Å²) in [6.45, 7) is 3.57. The number of aryl methyl sites for hydroxylation is 1. The molecular weight excluding hydrogens is 441 g/mol. The Morgan fingerprint density at radius 2 is 1.86 bits per heavy atom. The average molecular weight is 458 g/mol. The standard InChI is InChI=1S/C17H17Cl2N5O2S2/c1-10-9-27-15-14(10)21-17(20)22-16(15)23-5-7-24(8-6-23)28(25,26)12-4-2-3-11(18)13(12)19/h2-4,9H,5-8H2,1H3,(H2,20,21,22). The van der Waals surface area contributed by atoms with Crippen LogP contribution < -0.4 is 10.6 Å². The molecule has 0 bridgehead atoms. The molecule has 0 aliphatic carbocycles. The van der Waals surface area contributed by atoms with E-state index in [0.29, 0.717) is 26.2 Å². The number of hydrogen-bond donors (Lipinski definition) is 1. The molecule has 2 aromatic heterocycles. The Morgan fingerprint density at radius 1 is 1.14 bits per heavy atom. The highest BCUT2D eigenvalue weighted by molar-refractivity contribution is 7.89. The van der Waals surface area contributed by atoms with Crippen LogP contribution in [-0.4, -0.2) is 48.9 Å². The van der Waals surface area contributed by atoms with Crippen LogP contribution in [0.25, 0.3) is 10.2 Å². The van der Waals surface area contributed by atoms with Crippen molar-refractivity contribution >= 4 is 66.5 Å². The molecule has 28 heavy (non-hydrogen) atoms. The van der Waals surface area contributed by atoms with E-state index in [2.05, 4.69) is 9.97 Å². The molecule has 0 spiro atoms. The summed E-state index contributed by atoms with van der Waals surface area (Å²) < 4.78 is 28.4. The summed E-state index contributed by atoms with van der Waals surface area (Å²) in [6.07, 6.45) is 0. The van der Waals surface area contributed by atoms with Crippen LogP contribution in [-0.2, 0) is 10.0 Å². The van der Waals surface area contributed by atoms with Crippen LogP contribution in [0.5, 0.6) is 0 Å². The number of anilines is 2. The van der Waals surface area contributed by atoms with E-state index in [0.717, 1.165) is 21.6 Å². The molecule has 0 atom stereocenters. The number of fused-ring (bicyclic) bond motifs is 1. The fraction of sp³-hybridized carbons (Fsp3) is 0.294. The van der Waals surface area contributed by atoms with Crippen LogP contribution in [0.4, 0.5) is 11.8 Å². The molecule has 1 aromatic carbocycles. The summed E-state index contributed by atoms with van der Waals surface area (Å²) >= 11 is 13.7. The average Bonchev–Trinajstić information content (AvgIpc) is 3.04. The summed E-state index contributed by atoms with van der Waals surface area (Å²) in [5, 5.41) is 2.28. The third kappa shape index (κ3) is 3.31. The van der Waals surface area contributed by atoms with Crippen molar-refractivity contribution in [3.8, 4) is 0 Å². The van der Waals surface area contributed by atoms with Gasteiger partial charge in [0, 0.05) is 26.2 Å². The number of nitrogen functional groups attached to an aromatic ring is 1. The van der Waals surface area contributed by atoms with E-state index < -0.39 is 10.0 Å². The smallest absolute Gasteiger partial charge is 0.244 e. The lowest BCUT2D eigenvalue weighted by Crippen LogP contribution is -2.49. The minimum Gasteiger partial charge on any atom is -0.368 e. The maximum atomic E-state index is 13.0. The molecule has 1 aliphatic rings. The lowest BCUT2D eigenvalue weighted by Gasteiger charge is -2.35. The molecule has 2 N–H and O–H groups in total. The Bertz CT molecular complexity index is 1160. The number of nitrogens with zero attached hydrogens (tertiary/aromatic N) is 4. The maximum absolute atomic E-state index is 13.0. The fourth-order valence-corrected chi connectivity index (χ4v) is 6.37. The number of rotatable bonds is 3. The van der Waals surface area contributed by atoms with Gasteiger partial charge in [0.25, 0.3) is 0 Å². The molecule has 0 radical (unpaired) electrons. The molecule has 11 heteroatoms. The van der Waals surface area contributed by atoms with Crippen molar-refractivity contribution in [2.45, 2.75) is 11.8 Å². The van der Waals surface area contributed by atoms with Crippen molar-refractivity contribution in [1.29, 1.82) is 0 Å². The first kappa shape index (κ1) is 19.7. The van der Waals surface area contributed by atoms with E-state index in [4.69, 9.17) is 28.9 Å². The monoisotopic (exact) mass is 457 g/mol. The fourth-order valence-electron chi connectivity index (χ4n) is 3.21. The van der Waals surface area contributed by atoms with E-state index in [9.17, 15) is 8.42 Å². The summed E-state index contributed by atoms with van der Waals surface area (Å²) in [4.78, 5) is 10.8. The molecule has 1 aliphatic heterocycles. The second-order valence-corrected chi connectivity index (χ2v) is 10.0. The summed E-state index contributed by atoms with van der Waals surface area (Å²) in [6, 6.07) is 4.62. The molecule has 7 nitrogen and oxygen atoms in total. The van der Waals surface area contributed by atoms with Gasteiger partial charge in [-0.3, -0.25) is 0 Å². The van der Waals surface area contributed by atoms with Gasteiger partial charge < -0.3 is 10.6 Å². The molecule has 1 fully saturated rings. The van der Waals surface area contributed by atoms with Crippen LogP contribution in [0.3, 0.4) is 0 Å². The number of nitrogens with two attached hydrogens (primary N) is 1. The number of hydrogen-bond acceptors (Lipinski definition) is 7. The van der Waals surface area contributed by atoms with Crippen LogP contribution in [0, 0.1) is 6.92 Å². The molecule has 148 valence electrons. The second-order valence-electron chi connectivity index (χ2n) is 6.44. The van der Waals surface area contributed by atoms with Gasteiger partial charge in [0.15, 0.2) is 5.82 Å². The number of aromatic nitrogens is 2. The minimum atomic E-state index is -3.73. The zero-order valence-corrected chi connectivity index (χ0v) is 18.0. The topological polar surface area (TPSA) is 92.4 Å². The quantitative estimate of drug-likeness (QED) is 0.647. The highest BCUT2D eigenvalue weighted by Crippen LogP contribution is 2.34. The maximum Gasteiger partial charge on any atom is 0.244 e. The van der Waals surface area contributed by atoms with Crippen molar-refractivity contribution in [2.24, 2.45) is 0 Å². The molecule has 3 aromatic rings. The summed E-state index contributed by atoms with van der Waals surface area (Å²) in [5.74, 6) is 0.961. The summed E-state index contributed by atoms with van der Waals surface area (Å²) in [7, 11) is -3.73. The van der Waals surface area contributed by atoms with Gasteiger partial charge in [0.2, 0.25) is 16.0 Å². The highest BCUT2D eigenvalue weighted by atomic mass is 35.5. The van der Waals surface area contributed by atoms with Crippen LogP contribution in [0.2, 0.25) is 10.0 Å². The third-order valence-corrected chi connectivity index (χ3v) is 8.62. The van der Waals surface area contributed by atoms with Gasteiger partial charge >= 0.3 is 0 Å². The van der Waals surface area contributed by atoms with Crippen molar-refractivity contribution < 1.29 is 8.42 Å². The van der Waals surface area contributed by atoms with E-state index >= 15 is 0 Å². The lowest BCUT2D eigenvalue weighted by atomic mass is 10.3. The van der Waals surface area contributed by atoms with Crippen molar-refractivity contribution in [3.63, 3.8) is 0 Å². The molecular formula is C17H17Cl2N5O2S2. The van der Waals surface area contributed by atoms with Gasteiger partial charge in [-0.1, -0.05) is 29.3 Å². The minimum absolute atomic E-state index is 0.0256. The molecule has 0 unspecified atom stereocenters. The molecule has 0 amide bonds. The van der Waals surface area contributed by atoms with Gasteiger partial charge in [0.05, 0.1) is 20.3 Å². The number of sulfonamides is 1. The number of benzene rings is 1. The van der Waals surface area contributed by atoms with Gasteiger partial charge in [-0.05, 0) is 30.0 Å². The number of thiophene rings is 1. The number of piperazine rings is 1. The Morgan fingerprint density at radius 3 is 2.57 bits per heavy atom. The normalized spacial score (nSPS) is 16.0. The van der Waals surface area contributed by atoms with Crippen LogP contribution >= 0.6 is 34.5 Å². The molecule has 0 saturated carbocycles. The Labute approximate surface area is 176 Å². The first-order chi connectivity index (χ1) is 13.3. The van der Waals surface area contributed by atoms with E-state index in [1.54, 1.807) is 23.5 Å². The third-order valence-electron chi connectivity index (χ3n) is 4.66. The predicted molar refractivity (Wildman–Crippen MR) is 114 cm³/mol. The van der Waals surface area contributed by atoms with E-state index in [1.165, 1.54) is 10.4 Å². The molecule has 1 saturated heterocycles. The first-order valence-corrected chi connectivity index (χ1v) is 11.6. The van der Waals surface area contributed by atoms with Crippen molar-refractivity contribution in [1.82, 2.24) is 14.3 Å². The predicted octanol–water partition coefficient (Wildman–Crippen LogP) is 3.40. The Kier molecular flexibility index (Phi) is 5.13.